The predicted octanol–water partition coefficient (Wildman–Crippen LogP) is 21.7. The zero-order valence-corrected chi connectivity index (χ0v) is 87.2. The molecule has 0 aromatic heterocycles. The van der Waals surface area contributed by atoms with Crippen molar-refractivity contribution in [3.05, 3.63) is 0 Å². The number of aliphatic hydroxyl groups is 1. The molecule has 25 heteroatoms. The summed E-state index contributed by atoms with van der Waals surface area (Å²) in [6.45, 7) is 74.9. The monoisotopic (exact) mass is 1750 g/mol. The lowest BCUT2D eigenvalue weighted by molar-refractivity contribution is -0.160. The van der Waals surface area contributed by atoms with Crippen molar-refractivity contribution in [2.45, 2.75) is 397 Å². The summed E-state index contributed by atoms with van der Waals surface area (Å²) in [7, 11) is 12.1. The van der Waals surface area contributed by atoms with Crippen molar-refractivity contribution in [2.75, 3.05) is 102 Å². The molecule has 0 saturated heterocycles. The van der Waals surface area contributed by atoms with Crippen molar-refractivity contribution in [1.82, 2.24) is 14.7 Å². The SMILES string of the molecule is CCC(=O)OCC(O)COC(=O)C(C)(C)CC.CCC(C)(C)C(=O)OC.CCC(C)C(=O)N(C)C.CCC(C)C(=O)N(C)C.CCC(C)C(=O)N(C)C.CCCCOC(=O)C(C)(C)CC.CCCCOC(=O)C(C)(C)CC.CCCCOC(=O)C(C)(C)CC.CCCOC(=O)C(C)(C)CC.CCCOC(=O)C(C)(C)CC.CCCOC(=O)C(C)(C)CC. The van der Waals surface area contributed by atoms with Gasteiger partial charge in [-0.05, 0) is 220 Å². The number of hydrogen-bond donors (Lipinski definition) is 1. The molecule has 0 spiro atoms. The third-order valence-corrected chi connectivity index (χ3v) is 20.7. The Morgan fingerprint density at radius 1 is 0.262 bits per heavy atom. The Hall–Kier alpha value is -6.40. The van der Waals surface area contributed by atoms with Gasteiger partial charge in [0.15, 0.2) is 0 Å². The second kappa shape index (κ2) is 79.3. The Morgan fingerprint density at radius 3 is 0.566 bits per heavy atom. The van der Waals surface area contributed by atoms with E-state index in [9.17, 15) is 62.6 Å². The first-order valence-corrected chi connectivity index (χ1v) is 45.7. The summed E-state index contributed by atoms with van der Waals surface area (Å²) < 4.78 is 44.6. The highest BCUT2D eigenvalue weighted by atomic mass is 16.6. The average Bonchev–Trinajstić information content (AvgIpc) is 0.925. The fraction of sp³-hybridized carbons (Fsp3) is 0.876. The number of rotatable bonds is 42. The molecule has 4 atom stereocenters. The first-order valence-electron chi connectivity index (χ1n) is 45.7. The van der Waals surface area contributed by atoms with Gasteiger partial charge in [-0.1, -0.05) is 165 Å². The number of nitrogens with zero attached hydrogens (tertiary/aromatic N) is 3. The number of hydrogen-bond acceptors (Lipinski definition) is 22. The maximum Gasteiger partial charge on any atom is 0.311 e. The van der Waals surface area contributed by atoms with Gasteiger partial charge in [0, 0.05) is 66.5 Å². The highest BCUT2D eigenvalue weighted by molar-refractivity contribution is 5.80. The number of ether oxygens (including phenoxy) is 9. The highest BCUT2D eigenvalue weighted by Crippen LogP contribution is 2.27. The molecular formula is C97H195N3O22. The van der Waals surface area contributed by atoms with E-state index in [4.69, 9.17) is 37.9 Å². The van der Waals surface area contributed by atoms with Gasteiger partial charge in [-0.15, -0.1) is 0 Å². The molecule has 122 heavy (non-hydrogen) atoms. The molecule has 0 saturated carbocycles. The average molecular weight is 1760 g/mol. The van der Waals surface area contributed by atoms with E-state index in [1.807, 2.05) is 215 Å². The van der Waals surface area contributed by atoms with Crippen LogP contribution in [0.15, 0.2) is 0 Å². The summed E-state index contributed by atoms with van der Waals surface area (Å²) in [5.41, 5.74) is -2.73. The van der Waals surface area contributed by atoms with E-state index in [0.29, 0.717) is 46.1 Å². The summed E-state index contributed by atoms with van der Waals surface area (Å²) in [6, 6.07) is 0. The Balaban J connectivity index is -0.000000124. The zero-order chi connectivity index (χ0) is 98.8. The molecule has 0 aromatic carbocycles. The first kappa shape index (κ1) is 139. The summed E-state index contributed by atoms with van der Waals surface area (Å²) in [4.78, 5) is 139. The molecule has 730 valence electrons. The van der Waals surface area contributed by atoms with Gasteiger partial charge in [0.25, 0.3) is 0 Å². The van der Waals surface area contributed by atoms with E-state index in [2.05, 4.69) is 25.5 Å². The van der Waals surface area contributed by atoms with Crippen LogP contribution in [0, 0.1) is 61.1 Å². The van der Waals surface area contributed by atoms with Crippen molar-refractivity contribution in [1.29, 1.82) is 0 Å². The predicted molar refractivity (Wildman–Crippen MR) is 499 cm³/mol. The Kier molecular flexibility index (Phi) is 90.1. The second-order valence-electron chi connectivity index (χ2n) is 36.2. The molecule has 0 aliphatic rings. The van der Waals surface area contributed by atoms with Gasteiger partial charge in [0.2, 0.25) is 17.7 Å². The number of carbonyl (C=O) groups excluding carboxylic acids is 12. The summed E-state index contributed by atoms with van der Waals surface area (Å²) in [5, 5.41) is 9.43. The second-order valence-corrected chi connectivity index (χ2v) is 36.2. The highest BCUT2D eigenvalue weighted by Gasteiger charge is 2.33. The van der Waals surface area contributed by atoms with Crippen molar-refractivity contribution in [3.63, 3.8) is 0 Å². The molecule has 0 aliphatic heterocycles. The number of carbonyl (C=O) groups is 12. The van der Waals surface area contributed by atoms with E-state index in [1.165, 1.54) is 7.11 Å². The third-order valence-electron chi connectivity index (χ3n) is 20.7. The normalized spacial score (nSPS) is 11.9. The van der Waals surface area contributed by atoms with Crippen LogP contribution in [-0.4, -0.2) is 200 Å². The van der Waals surface area contributed by atoms with Crippen LogP contribution in [0.1, 0.15) is 391 Å². The van der Waals surface area contributed by atoms with Gasteiger partial charge in [-0.25, -0.2) is 0 Å². The lowest BCUT2D eigenvalue weighted by Gasteiger charge is -2.21. The van der Waals surface area contributed by atoms with E-state index in [0.717, 1.165) is 122 Å². The molecular weight excluding hydrogens is 1560 g/mol. The maximum atomic E-state index is 11.6. The van der Waals surface area contributed by atoms with Crippen LogP contribution in [0.2, 0.25) is 0 Å². The van der Waals surface area contributed by atoms with Crippen molar-refractivity contribution in [3.8, 4) is 0 Å². The molecule has 1 N–H and O–H groups in total. The molecule has 0 rings (SSSR count). The largest absolute Gasteiger partial charge is 0.469 e. The van der Waals surface area contributed by atoms with Gasteiger partial charge < -0.3 is 62.4 Å². The van der Waals surface area contributed by atoms with Gasteiger partial charge in [0.1, 0.15) is 19.3 Å². The van der Waals surface area contributed by atoms with Gasteiger partial charge >= 0.3 is 53.7 Å². The summed E-state index contributed by atoms with van der Waals surface area (Å²) in [6.07, 6.45) is 17.3. The zero-order valence-electron chi connectivity index (χ0n) is 87.2. The quantitative estimate of drug-likeness (QED) is 0.0337. The van der Waals surface area contributed by atoms with E-state index >= 15 is 0 Å². The van der Waals surface area contributed by atoms with Crippen LogP contribution in [-0.2, 0) is 100 Å². The van der Waals surface area contributed by atoms with Crippen LogP contribution in [0.4, 0.5) is 0 Å². The molecule has 0 heterocycles. The Labute approximate surface area is 748 Å². The molecule has 25 nitrogen and oxygen atoms in total. The van der Waals surface area contributed by atoms with Crippen LogP contribution < -0.4 is 0 Å². The lowest BCUT2D eigenvalue weighted by Crippen LogP contribution is -2.31. The van der Waals surface area contributed by atoms with E-state index in [-0.39, 0.29) is 147 Å². The Morgan fingerprint density at radius 2 is 0.434 bits per heavy atom. The molecule has 0 fully saturated rings. The molecule has 0 radical (unpaired) electrons. The van der Waals surface area contributed by atoms with Crippen LogP contribution in [0.25, 0.3) is 0 Å². The molecule has 0 aromatic rings. The smallest absolute Gasteiger partial charge is 0.311 e. The number of unbranched alkanes of at least 4 members (excludes halogenated alkanes) is 3. The summed E-state index contributed by atoms with van der Waals surface area (Å²) in [5.74, 6) is -0.136. The van der Waals surface area contributed by atoms with Crippen LogP contribution in [0.3, 0.4) is 0 Å². The number of amides is 3. The van der Waals surface area contributed by atoms with E-state index in [1.54, 1.807) is 77.8 Å². The Bertz CT molecular complexity index is 2470. The molecule has 0 aliphatic carbocycles. The number of esters is 9. The third kappa shape index (κ3) is 77.2. The molecule has 0 bridgehead atoms. The minimum atomic E-state index is -0.970. The van der Waals surface area contributed by atoms with Gasteiger partial charge in [-0.3, -0.25) is 57.5 Å². The standard InChI is InChI=1S/C12H22O5.3C10H20O2.3C9H18O2.3C7H15NO.C7H14O2/c1-5-10(14)16-7-9(13)8-17-11(15)12(3,4)6-2;3*1-5-7-8-12-9(11)10(3,4)6-2;3*1-5-7-11-8(10)9(3,4)6-2;3*1-5-6(2)7(9)8(3)4;1-5-7(2,3)6(8)9-4/h9,13H,5-8H2,1-4H3;3*5-8H2,1-4H3;3*5-7H2,1-4H3;3*6H,5H2,1-4H3;5H2,1-4H3. The summed E-state index contributed by atoms with van der Waals surface area (Å²) >= 11 is 0. The molecule has 3 amide bonds. The van der Waals surface area contributed by atoms with Crippen LogP contribution in [0.5, 0.6) is 0 Å². The minimum absolute atomic E-state index is 0.0709. The fourth-order valence-corrected chi connectivity index (χ4v) is 6.67. The maximum absolute atomic E-state index is 11.6. The van der Waals surface area contributed by atoms with Crippen LogP contribution >= 0.6 is 0 Å². The molecule has 4 unspecified atom stereocenters. The fourth-order valence-electron chi connectivity index (χ4n) is 6.67. The topological polar surface area (TPSA) is 318 Å². The first-order chi connectivity index (χ1) is 55.9. The van der Waals surface area contributed by atoms with Crippen molar-refractivity contribution >= 4 is 71.4 Å². The van der Waals surface area contributed by atoms with E-state index < -0.39 is 11.5 Å². The van der Waals surface area contributed by atoms with Gasteiger partial charge in [0.05, 0.1) is 90.1 Å². The van der Waals surface area contributed by atoms with Crippen molar-refractivity contribution < 1.29 is 105 Å². The van der Waals surface area contributed by atoms with Crippen molar-refractivity contribution in [2.24, 2.45) is 61.1 Å². The minimum Gasteiger partial charge on any atom is -0.469 e. The number of aliphatic hydroxyl groups excluding tert-OH is 1. The van der Waals surface area contributed by atoms with Gasteiger partial charge in [-0.2, -0.15) is 0 Å². The number of methoxy groups -OCH3 is 1. The lowest BCUT2D eigenvalue weighted by atomic mass is 9.91.